The molecule has 15 heavy (non-hydrogen) atoms. The average Bonchev–Trinajstić information content (AvgIpc) is 2.17. The lowest BCUT2D eigenvalue weighted by Gasteiger charge is -1.99. The lowest BCUT2D eigenvalue weighted by Crippen LogP contribution is -1.93. The van der Waals surface area contributed by atoms with Crippen molar-refractivity contribution in [1.82, 2.24) is 4.98 Å². The van der Waals surface area contributed by atoms with E-state index in [1.54, 1.807) is 0 Å². The molecule has 1 aromatic carbocycles. The predicted octanol–water partition coefficient (Wildman–Crippen LogP) is 2.94. The second-order valence-corrected chi connectivity index (χ2v) is 3.27. The first-order chi connectivity index (χ1) is 7.08. The maximum atomic E-state index is 13.0. The number of aromatic nitrogens is 1. The molecule has 0 saturated heterocycles. The largest absolute Gasteiger partial charge is 0.298 e. The van der Waals surface area contributed by atoms with Crippen LogP contribution in [0.3, 0.4) is 0 Å². The Bertz CT molecular complexity index is 559. The normalized spacial score (nSPS) is 10.5. The zero-order valence-electron chi connectivity index (χ0n) is 7.28. The molecule has 4 nitrogen and oxygen atoms in total. The Hall–Kier alpha value is -1.75. The molecule has 76 valence electrons. The fraction of sp³-hybridized carbons (Fsp3) is 0. The van der Waals surface area contributed by atoms with E-state index < -0.39 is 10.7 Å². The number of nitro benzene ring substituents is 1. The SMILES string of the molecule is O=[N+]([O-])c1cc(F)cc2ccc(Cl)nc12. The van der Waals surface area contributed by atoms with Gasteiger partial charge in [0.15, 0.2) is 0 Å². The minimum Gasteiger partial charge on any atom is -0.258 e. The molecule has 6 heteroatoms. The number of hydrogen-bond donors (Lipinski definition) is 0. The van der Waals surface area contributed by atoms with Crippen molar-refractivity contribution < 1.29 is 9.31 Å². The van der Waals surface area contributed by atoms with Crippen molar-refractivity contribution in [1.29, 1.82) is 0 Å². The molecular formula is C9H4ClFN2O2. The molecule has 1 heterocycles. The van der Waals surface area contributed by atoms with E-state index in [0.717, 1.165) is 6.07 Å². The molecule has 0 fully saturated rings. The van der Waals surface area contributed by atoms with Crippen LogP contribution in [0, 0.1) is 15.9 Å². The summed E-state index contributed by atoms with van der Waals surface area (Å²) in [6.45, 7) is 0. The fourth-order valence-electron chi connectivity index (χ4n) is 1.30. The second kappa shape index (κ2) is 3.43. The summed E-state index contributed by atoms with van der Waals surface area (Å²) in [5.41, 5.74) is -0.290. The minimum atomic E-state index is -0.686. The summed E-state index contributed by atoms with van der Waals surface area (Å²) < 4.78 is 13.0. The molecule has 0 aliphatic heterocycles. The van der Waals surface area contributed by atoms with E-state index in [2.05, 4.69) is 4.98 Å². The van der Waals surface area contributed by atoms with Gasteiger partial charge in [-0.05, 0) is 18.2 Å². The van der Waals surface area contributed by atoms with Gasteiger partial charge in [-0.25, -0.2) is 9.37 Å². The van der Waals surface area contributed by atoms with Gasteiger partial charge < -0.3 is 0 Å². The van der Waals surface area contributed by atoms with Crippen LogP contribution in [0.4, 0.5) is 10.1 Å². The lowest BCUT2D eigenvalue weighted by molar-refractivity contribution is -0.383. The smallest absolute Gasteiger partial charge is 0.258 e. The number of non-ortho nitro benzene ring substituents is 1. The highest BCUT2D eigenvalue weighted by Gasteiger charge is 2.15. The quantitative estimate of drug-likeness (QED) is 0.427. The Morgan fingerprint density at radius 2 is 2.13 bits per heavy atom. The van der Waals surface area contributed by atoms with Gasteiger partial charge in [0.2, 0.25) is 0 Å². The van der Waals surface area contributed by atoms with Crippen LogP contribution in [0.15, 0.2) is 24.3 Å². The summed E-state index contributed by atoms with van der Waals surface area (Å²) >= 11 is 5.61. The van der Waals surface area contributed by atoms with E-state index in [0.29, 0.717) is 5.39 Å². The topological polar surface area (TPSA) is 56.0 Å². The van der Waals surface area contributed by atoms with Crippen molar-refractivity contribution in [3.05, 3.63) is 45.4 Å². The van der Waals surface area contributed by atoms with Crippen LogP contribution in [0.25, 0.3) is 10.9 Å². The summed E-state index contributed by atoms with van der Waals surface area (Å²) in [4.78, 5) is 13.7. The van der Waals surface area contributed by atoms with Gasteiger partial charge in [-0.1, -0.05) is 11.6 Å². The van der Waals surface area contributed by atoms with E-state index in [-0.39, 0.29) is 16.4 Å². The highest BCUT2D eigenvalue weighted by atomic mass is 35.5. The van der Waals surface area contributed by atoms with Crippen LogP contribution >= 0.6 is 11.6 Å². The molecule has 0 aliphatic carbocycles. The Morgan fingerprint density at radius 1 is 1.40 bits per heavy atom. The van der Waals surface area contributed by atoms with Crippen LogP contribution in [0.2, 0.25) is 5.15 Å². The van der Waals surface area contributed by atoms with Crippen LogP contribution in [0.1, 0.15) is 0 Å². The van der Waals surface area contributed by atoms with E-state index >= 15 is 0 Å². The molecule has 0 spiro atoms. The van der Waals surface area contributed by atoms with Crippen LogP contribution in [0.5, 0.6) is 0 Å². The highest BCUT2D eigenvalue weighted by molar-refractivity contribution is 6.29. The molecule has 0 radical (unpaired) electrons. The van der Waals surface area contributed by atoms with Gasteiger partial charge in [0.1, 0.15) is 16.5 Å². The lowest BCUT2D eigenvalue weighted by atomic mass is 10.2. The maximum absolute atomic E-state index is 13.0. The minimum absolute atomic E-state index is 0.0916. The van der Waals surface area contributed by atoms with Crippen LogP contribution in [-0.4, -0.2) is 9.91 Å². The van der Waals surface area contributed by atoms with Gasteiger partial charge in [0.05, 0.1) is 11.0 Å². The van der Waals surface area contributed by atoms with Gasteiger partial charge in [-0.15, -0.1) is 0 Å². The number of halogens is 2. The summed E-state index contributed by atoms with van der Waals surface area (Å²) in [6, 6.07) is 4.94. The van der Waals surface area contributed by atoms with E-state index in [1.807, 2.05) is 0 Å². The van der Waals surface area contributed by atoms with E-state index in [4.69, 9.17) is 11.6 Å². The first kappa shape index (κ1) is 9.79. The summed E-state index contributed by atoms with van der Waals surface area (Å²) in [5.74, 6) is -0.668. The average molecular weight is 227 g/mol. The van der Waals surface area contributed by atoms with Crippen molar-refractivity contribution in [3.8, 4) is 0 Å². The van der Waals surface area contributed by atoms with Gasteiger partial charge in [0, 0.05) is 5.39 Å². The first-order valence-corrected chi connectivity index (χ1v) is 4.36. The molecule has 0 N–H and O–H groups in total. The summed E-state index contributed by atoms with van der Waals surface area (Å²) in [5, 5.41) is 11.1. The number of hydrogen-bond acceptors (Lipinski definition) is 3. The van der Waals surface area contributed by atoms with Gasteiger partial charge >= 0.3 is 0 Å². The molecule has 0 atom stereocenters. The fourth-order valence-corrected chi connectivity index (χ4v) is 1.44. The molecule has 2 aromatic rings. The molecule has 0 saturated carbocycles. The van der Waals surface area contributed by atoms with Crippen molar-refractivity contribution >= 4 is 28.2 Å². The molecule has 2 rings (SSSR count). The first-order valence-electron chi connectivity index (χ1n) is 3.98. The second-order valence-electron chi connectivity index (χ2n) is 2.89. The molecule has 0 aliphatic rings. The number of benzene rings is 1. The zero-order valence-corrected chi connectivity index (χ0v) is 8.03. The third kappa shape index (κ3) is 1.73. The number of pyridine rings is 1. The third-order valence-electron chi connectivity index (χ3n) is 1.90. The van der Waals surface area contributed by atoms with Crippen molar-refractivity contribution in [2.75, 3.05) is 0 Å². The molecule has 0 bridgehead atoms. The van der Waals surface area contributed by atoms with Crippen molar-refractivity contribution in [3.63, 3.8) is 0 Å². The van der Waals surface area contributed by atoms with Gasteiger partial charge in [-0.2, -0.15) is 0 Å². The number of nitrogens with zero attached hydrogens (tertiary/aromatic N) is 2. The van der Waals surface area contributed by atoms with E-state index in [1.165, 1.54) is 18.2 Å². The monoisotopic (exact) mass is 226 g/mol. The molecule has 0 amide bonds. The van der Waals surface area contributed by atoms with Crippen molar-refractivity contribution in [2.45, 2.75) is 0 Å². The van der Waals surface area contributed by atoms with Gasteiger partial charge in [-0.3, -0.25) is 10.1 Å². The van der Waals surface area contributed by atoms with Crippen LogP contribution in [-0.2, 0) is 0 Å². The predicted molar refractivity (Wildman–Crippen MR) is 53.4 cm³/mol. The standard InChI is InChI=1S/C9H4ClFN2O2/c10-8-2-1-5-3-6(11)4-7(13(14)15)9(5)12-8/h1-4H. The maximum Gasteiger partial charge on any atom is 0.298 e. The molecule has 1 aromatic heterocycles. The number of nitro groups is 1. The zero-order chi connectivity index (χ0) is 11.0. The molecular weight excluding hydrogens is 223 g/mol. The Balaban J connectivity index is 2.87. The summed E-state index contributed by atoms with van der Waals surface area (Å²) in [6.07, 6.45) is 0. The number of rotatable bonds is 1. The number of fused-ring (bicyclic) bond motifs is 1. The highest BCUT2D eigenvalue weighted by Crippen LogP contribution is 2.26. The molecule has 0 unspecified atom stereocenters. The third-order valence-corrected chi connectivity index (χ3v) is 2.11. The van der Waals surface area contributed by atoms with E-state index in [9.17, 15) is 14.5 Å². The van der Waals surface area contributed by atoms with Gasteiger partial charge in [0.25, 0.3) is 5.69 Å². The van der Waals surface area contributed by atoms with Crippen LogP contribution < -0.4 is 0 Å². The summed E-state index contributed by atoms with van der Waals surface area (Å²) in [7, 11) is 0. The van der Waals surface area contributed by atoms with Crippen molar-refractivity contribution in [2.24, 2.45) is 0 Å². The Labute approximate surface area is 88.5 Å². The Morgan fingerprint density at radius 3 is 2.80 bits per heavy atom. The Kier molecular flexibility index (Phi) is 2.24.